The van der Waals surface area contributed by atoms with Crippen LogP contribution in [0.5, 0.6) is 0 Å². The quantitative estimate of drug-likeness (QED) is 0.677. The lowest BCUT2D eigenvalue weighted by Crippen LogP contribution is -2.20. The van der Waals surface area contributed by atoms with Crippen molar-refractivity contribution < 1.29 is 0 Å². The van der Waals surface area contributed by atoms with Crippen molar-refractivity contribution >= 4 is 5.69 Å². The molecule has 0 saturated heterocycles. The maximum absolute atomic E-state index is 4.06. The molecule has 0 atom stereocenters. The maximum Gasteiger partial charge on any atom is 0.0420 e. The van der Waals surface area contributed by atoms with Crippen LogP contribution in [0.2, 0.25) is 0 Å². The minimum atomic E-state index is 0.545. The highest BCUT2D eigenvalue weighted by atomic mass is 15.1. The van der Waals surface area contributed by atoms with Gasteiger partial charge in [0.2, 0.25) is 0 Å². The smallest absolute Gasteiger partial charge is 0.0420 e. The van der Waals surface area contributed by atoms with Crippen LogP contribution in [-0.2, 0) is 0 Å². The van der Waals surface area contributed by atoms with Gasteiger partial charge in [-0.25, -0.2) is 0 Å². The number of para-hydroxylation sites is 1. The minimum absolute atomic E-state index is 0.545. The number of anilines is 1. The van der Waals surface area contributed by atoms with Crippen molar-refractivity contribution in [1.29, 1.82) is 0 Å². The summed E-state index contributed by atoms with van der Waals surface area (Å²) in [7, 11) is 2.12. The molecule has 0 amide bonds. The molecular formula is C16H23N. The van der Waals surface area contributed by atoms with E-state index < -0.39 is 0 Å². The van der Waals surface area contributed by atoms with Crippen molar-refractivity contribution in [2.75, 3.05) is 18.5 Å². The van der Waals surface area contributed by atoms with Crippen LogP contribution in [0.3, 0.4) is 0 Å². The molecular weight excluding hydrogens is 206 g/mol. The van der Waals surface area contributed by atoms with Crippen LogP contribution < -0.4 is 4.90 Å². The van der Waals surface area contributed by atoms with Gasteiger partial charge in [0.25, 0.3) is 0 Å². The molecule has 0 bridgehead atoms. The molecule has 0 unspecified atom stereocenters. The first-order valence-electron chi connectivity index (χ1n) is 6.16. The fraction of sp³-hybridized carbons (Fsp3) is 0.375. The van der Waals surface area contributed by atoms with Crippen molar-refractivity contribution in [2.45, 2.75) is 26.7 Å². The topological polar surface area (TPSA) is 3.24 Å². The molecule has 1 nitrogen and oxygen atoms in total. The summed E-state index contributed by atoms with van der Waals surface area (Å²) in [5, 5.41) is 0. The third-order valence-corrected chi connectivity index (χ3v) is 2.81. The van der Waals surface area contributed by atoms with Gasteiger partial charge in [0, 0.05) is 19.3 Å². The Morgan fingerprint density at radius 3 is 2.59 bits per heavy atom. The van der Waals surface area contributed by atoms with Gasteiger partial charge in [0.15, 0.2) is 0 Å². The molecule has 1 aromatic carbocycles. The summed E-state index contributed by atoms with van der Waals surface area (Å²) in [4.78, 5) is 2.26. The van der Waals surface area contributed by atoms with Crippen molar-refractivity contribution in [3.63, 3.8) is 0 Å². The lowest BCUT2D eigenvalue weighted by Gasteiger charge is -2.24. The van der Waals surface area contributed by atoms with E-state index in [0.29, 0.717) is 5.92 Å². The van der Waals surface area contributed by atoms with Crippen molar-refractivity contribution in [1.82, 2.24) is 0 Å². The first kappa shape index (κ1) is 13.6. The number of benzene rings is 1. The number of likely N-dealkylation sites (N-methyl/N-ethyl adjacent to an activating group) is 1. The van der Waals surface area contributed by atoms with E-state index >= 15 is 0 Å². The molecule has 92 valence electrons. The molecule has 0 N–H and O–H groups in total. The molecule has 1 aromatic rings. The van der Waals surface area contributed by atoms with E-state index in [1.165, 1.54) is 11.3 Å². The van der Waals surface area contributed by atoms with Crippen LogP contribution in [0.4, 0.5) is 5.69 Å². The molecule has 0 radical (unpaired) electrons. The van der Waals surface area contributed by atoms with Gasteiger partial charge in [-0.1, -0.05) is 50.8 Å². The third kappa shape index (κ3) is 3.77. The Morgan fingerprint density at radius 1 is 1.35 bits per heavy atom. The van der Waals surface area contributed by atoms with Crippen molar-refractivity contribution in [2.24, 2.45) is 0 Å². The first-order chi connectivity index (χ1) is 8.06. The Morgan fingerprint density at radius 2 is 2.00 bits per heavy atom. The Hall–Kier alpha value is -1.50. The van der Waals surface area contributed by atoms with E-state index in [9.17, 15) is 0 Å². The lowest BCUT2D eigenvalue weighted by molar-refractivity contribution is 0.851. The second kappa shape index (κ2) is 6.29. The number of hydrogen-bond donors (Lipinski definition) is 0. The SMILES string of the molecule is C=C(/C=C\C)CN(C)c1ccccc1C(C)C. The van der Waals surface area contributed by atoms with E-state index in [2.05, 4.69) is 62.7 Å². The Balaban J connectivity index is 2.88. The monoisotopic (exact) mass is 229 g/mol. The van der Waals surface area contributed by atoms with Gasteiger partial charge in [-0.15, -0.1) is 0 Å². The van der Waals surface area contributed by atoms with Crippen molar-refractivity contribution in [3.05, 3.63) is 54.1 Å². The van der Waals surface area contributed by atoms with Gasteiger partial charge in [-0.2, -0.15) is 0 Å². The van der Waals surface area contributed by atoms with Crippen molar-refractivity contribution in [3.8, 4) is 0 Å². The second-order valence-electron chi connectivity index (χ2n) is 4.73. The van der Waals surface area contributed by atoms with Gasteiger partial charge in [-0.05, 0) is 30.0 Å². The standard InChI is InChI=1S/C16H23N/c1-6-9-14(4)12-17(5)16-11-8-7-10-15(16)13(2)3/h6-11,13H,4,12H2,1-3,5H3/b9-6-. The number of rotatable bonds is 5. The van der Waals surface area contributed by atoms with Crippen LogP contribution in [0.1, 0.15) is 32.3 Å². The molecule has 0 aliphatic carbocycles. The summed E-state index contributed by atoms with van der Waals surface area (Å²) in [6.45, 7) is 11.4. The van der Waals surface area contributed by atoms with Gasteiger partial charge >= 0.3 is 0 Å². The van der Waals surface area contributed by atoms with Gasteiger partial charge < -0.3 is 4.90 Å². The summed E-state index contributed by atoms with van der Waals surface area (Å²) in [6.07, 6.45) is 4.10. The third-order valence-electron chi connectivity index (χ3n) is 2.81. The zero-order valence-corrected chi connectivity index (χ0v) is 11.4. The van der Waals surface area contributed by atoms with Gasteiger partial charge in [-0.3, -0.25) is 0 Å². The van der Waals surface area contributed by atoms with Crippen LogP contribution in [0.25, 0.3) is 0 Å². The number of nitrogens with zero attached hydrogens (tertiary/aromatic N) is 1. The largest absolute Gasteiger partial charge is 0.370 e. The van der Waals surface area contributed by atoms with Gasteiger partial charge in [0.05, 0.1) is 0 Å². The molecule has 0 fully saturated rings. The highest BCUT2D eigenvalue weighted by Crippen LogP contribution is 2.26. The summed E-state index contributed by atoms with van der Waals surface area (Å²) in [5.74, 6) is 0.545. The van der Waals surface area contributed by atoms with E-state index in [-0.39, 0.29) is 0 Å². The van der Waals surface area contributed by atoms with E-state index in [0.717, 1.165) is 12.1 Å². The minimum Gasteiger partial charge on any atom is -0.370 e. The predicted molar refractivity (Wildman–Crippen MR) is 77.8 cm³/mol. The van der Waals surface area contributed by atoms with Crippen LogP contribution in [0, 0.1) is 0 Å². The van der Waals surface area contributed by atoms with Crippen LogP contribution in [-0.4, -0.2) is 13.6 Å². The number of allylic oxidation sites excluding steroid dienone is 1. The summed E-state index contributed by atoms with van der Waals surface area (Å²) in [5.41, 5.74) is 3.82. The zero-order chi connectivity index (χ0) is 12.8. The van der Waals surface area contributed by atoms with E-state index in [4.69, 9.17) is 0 Å². The summed E-state index contributed by atoms with van der Waals surface area (Å²) in [6, 6.07) is 8.58. The molecule has 0 saturated carbocycles. The Bertz CT molecular complexity index is 402. The molecule has 17 heavy (non-hydrogen) atoms. The highest BCUT2D eigenvalue weighted by Gasteiger charge is 2.09. The summed E-state index contributed by atoms with van der Waals surface area (Å²) >= 11 is 0. The molecule has 1 rings (SSSR count). The average molecular weight is 229 g/mol. The maximum atomic E-state index is 4.06. The second-order valence-corrected chi connectivity index (χ2v) is 4.73. The fourth-order valence-electron chi connectivity index (χ4n) is 2.00. The fourth-order valence-corrected chi connectivity index (χ4v) is 2.00. The average Bonchev–Trinajstić information content (AvgIpc) is 2.29. The number of hydrogen-bond acceptors (Lipinski definition) is 1. The Labute approximate surface area is 105 Å². The molecule has 1 heteroatoms. The molecule has 0 aliphatic rings. The summed E-state index contributed by atoms with van der Waals surface area (Å²) < 4.78 is 0. The molecule has 0 heterocycles. The van der Waals surface area contributed by atoms with Crippen LogP contribution >= 0.6 is 0 Å². The molecule has 0 aromatic heterocycles. The first-order valence-corrected chi connectivity index (χ1v) is 6.16. The zero-order valence-electron chi connectivity index (χ0n) is 11.4. The highest BCUT2D eigenvalue weighted by molar-refractivity contribution is 5.55. The van der Waals surface area contributed by atoms with E-state index in [1.54, 1.807) is 0 Å². The Kier molecular flexibility index (Phi) is 5.02. The normalized spacial score (nSPS) is 11.1. The lowest BCUT2D eigenvalue weighted by atomic mass is 10.0. The van der Waals surface area contributed by atoms with Crippen LogP contribution in [0.15, 0.2) is 48.6 Å². The van der Waals surface area contributed by atoms with Gasteiger partial charge in [0.1, 0.15) is 0 Å². The molecule has 0 spiro atoms. The predicted octanol–water partition coefficient (Wildman–Crippen LogP) is 4.38. The van der Waals surface area contributed by atoms with E-state index in [1.807, 2.05) is 13.0 Å². The molecule has 0 aliphatic heterocycles.